The van der Waals surface area contributed by atoms with Gasteiger partial charge in [0.15, 0.2) is 0 Å². The molecule has 5 nitrogen and oxygen atoms in total. The Balaban J connectivity index is 1.75. The number of carbonyl (C=O) groups excluding carboxylic acids is 2. The van der Waals surface area contributed by atoms with Gasteiger partial charge in [-0.15, -0.1) is 0 Å². The number of ether oxygens (including phenoxy) is 2. The van der Waals surface area contributed by atoms with E-state index in [1.54, 1.807) is 26.2 Å². The minimum atomic E-state index is -0.271. The predicted molar refractivity (Wildman–Crippen MR) is 87.1 cm³/mol. The van der Waals surface area contributed by atoms with Crippen molar-refractivity contribution in [3.63, 3.8) is 0 Å². The smallest absolute Gasteiger partial charge is 0.308 e. The van der Waals surface area contributed by atoms with Crippen molar-refractivity contribution in [3.05, 3.63) is 35.9 Å². The van der Waals surface area contributed by atoms with Crippen LogP contribution in [0.15, 0.2) is 30.3 Å². The fraction of sp³-hybridized carbons (Fsp3) is 0.556. The van der Waals surface area contributed by atoms with Crippen molar-refractivity contribution >= 4 is 11.9 Å². The topological polar surface area (TPSA) is 64.6 Å². The summed E-state index contributed by atoms with van der Waals surface area (Å²) in [4.78, 5) is 24.0. The van der Waals surface area contributed by atoms with E-state index in [-0.39, 0.29) is 36.5 Å². The van der Waals surface area contributed by atoms with E-state index < -0.39 is 0 Å². The van der Waals surface area contributed by atoms with E-state index in [1.807, 2.05) is 18.2 Å². The number of hydrogen-bond donors (Lipinski definition) is 1. The third kappa shape index (κ3) is 5.67. The first-order chi connectivity index (χ1) is 11.1. The molecular weight excluding hydrogens is 294 g/mol. The fourth-order valence-corrected chi connectivity index (χ4v) is 2.85. The summed E-state index contributed by atoms with van der Waals surface area (Å²) < 4.78 is 10.8. The van der Waals surface area contributed by atoms with E-state index in [2.05, 4.69) is 5.32 Å². The Bertz CT molecular complexity index is 517. The molecule has 1 fully saturated rings. The van der Waals surface area contributed by atoms with Crippen LogP contribution in [-0.4, -0.2) is 37.2 Å². The molecule has 1 N–H and O–H groups in total. The van der Waals surface area contributed by atoms with Crippen LogP contribution in [0.4, 0.5) is 0 Å². The molecule has 0 spiro atoms. The van der Waals surface area contributed by atoms with Gasteiger partial charge in [-0.3, -0.25) is 9.59 Å². The molecule has 2 rings (SSSR count). The van der Waals surface area contributed by atoms with E-state index >= 15 is 0 Å². The highest BCUT2D eigenvalue weighted by Crippen LogP contribution is 2.23. The molecule has 0 unspecified atom stereocenters. The van der Waals surface area contributed by atoms with E-state index in [9.17, 15) is 9.59 Å². The van der Waals surface area contributed by atoms with Crippen molar-refractivity contribution in [1.29, 1.82) is 0 Å². The van der Waals surface area contributed by atoms with Gasteiger partial charge in [-0.2, -0.15) is 0 Å². The Hall–Kier alpha value is -1.88. The zero-order valence-corrected chi connectivity index (χ0v) is 13.8. The maximum Gasteiger partial charge on any atom is 0.308 e. The van der Waals surface area contributed by atoms with Crippen LogP contribution in [0.1, 0.15) is 49.4 Å². The van der Waals surface area contributed by atoms with Crippen molar-refractivity contribution in [3.8, 4) is 0 Å². The molecular formula is C18H25NO4. The normalized spacial score (nSPS) is 22.2. The van der Waals surface area contributed by atoms with Crippen molar-refractivity contribution in [2.45, 2.75) is 57.3 Å². The molecule has 1 aromatic carbocycles. The molecule has 0 aliphatic heterocycles. The average molecular weight is 319 g/mol. The van der Waals surface area contributed by atoms with Gasteiger partial charge in [-0.05, 0) is 38.3 Å². The van der Waals surface area contributed by atoms with Gasteiger partial charge < -0.3 is 14.8 Å². The Labute approximate surface area is 137 Å². The lowest BCUT2D eigenvalue weighted by Crippen LogP contribution is -2.36. The second-order valence-corrected chi connectivity index (χ2v) is 6.08. The first kappa shape index (κ1) is 17.5. The van der Waals surface area contributed by atoms with Gasteiger partial charge >= 0.3 is 5.97 Å². The van der Waals surface area contributed by atoms with E-state index in [1.165, 1.54) is 0 Å². The highest BCUT2D eigenvalue weighted by atomic mass is 16.5. The van der Waals surface area contributed by atoms with Crippen LogP contribution in [-0.2, 0) is 14.3 Å². The number of rotatable bonds is 6. The largest absolute Gasteiger partial charge is 0.462 e. The van der Waals surface area contributed by atoms with Crippen LogP contribution in [0.2, 0.25) is 0 Å². The minimum Gasteiger partial charge on any atom is -0.462 e. The second-order valence-electron chi connectivity index (χ2n) is 6.08. The van der Waals surface area contributed by atoms with Crippen LogP contribution < -0.4 is 5.32 Å². The Morgan fingerprint density at radius 2 is 1.91 bits per heavy atom. The van der Waals surface area contributed by atoms with Gasteiger partial charge in [0.2, 0.25) is 0 Å². The quantitative estimate of drug-likeness (QED) is 0.819. The average Bonchev–Trinajstić information content (AvgIpc) is 2.55. The van der Waals surface area contributed by atoms with Crippen LogP contribution >= 0.6 is 0 Å². The number of nitrogens with one attached hydrogen (secondary N) is 1. The molecule has 1 saturated carbocycles. The lowest BCUT2D eigenvalue weighted by molar-refractivity contribution is -0.153. The molecule has 126 valence electrons. The van der Waals surface area contributed by atoms with Gasteiger partial charge in [0.1, 0.15) is 6.10 Å². The van der Waals surface area contributed by atoms with Gasteiger partial charge in [0.25, 0.3) is 5.91 Å². The van der Waals surface area contributed by atoms with Gasteiger partial charge in [-0.25, -0.2) is 0 Å². The molecule has 1 aromatic rings. The summed E-state index contributed by atoms with van der Waals surface area (Å²) in [5, 5.41) is 2.82. The number of benzene rings is 1. The molecule has 1 aliphatic rings. The summed E-state index contributed by atoms with van der Waals surface area (Å²) in [5.41, 5.74) is 0.586. The molecule has 0 heterocycles. The summed E-state index contributed by atoms with van der Waals surface area (Å²) in [6.45, 7) is 1.81. The zero-order chi connectivity index (χ0) is 16.7. The number of methoxy groups -OCH3 is 1. The second kappa shape index (κ2) is 8.67. The lowest BCUT2D eigenvalue weighted by Gasteiger charge is -2.28. The zero-order valence-electron chi connectivity index (χ0n) is 13.8. The van der Waals surface area contributed by atoms with E-state index in [4.69, 9.17) is 9.47 Å². The van der Waals surface area contributed by atoms with E-state index in [0.29, 0.717) is 5.56 Å². The SMILES string of the molecule is CO[C@@H]1CCC[C@H](OC(=O)C[C@@H](C)NC(=O)c2ccccc2)C1. The fourth-order valence-electron chi connectivity index (χ4n) is 2.85. The molecule has 1 aliphatic carbocycles. The Morgan fingerprint density at radius 3 is 2.61 bits per heavy atom. The molecule has 5 heteroatoms. The Kier molecular flexibility index (Phi) is 6.59. The molecule has 0 aromatic heterocycles. The monoisotopic (exact) mass is 319 g/mol. The van der Waals surface area contributed by atoms with Crippen molar-refractivity contribution in [2.24, 2.45) is 0 Å². The molecule has 0 bridgehead atoms. The minimum absolute atomic E-state index is 0.0711. The number of amides is 1. The third-order valence-electron chi connectivity index (χ3n) is 4.10. The standard InChI is InChI=1S/C18H25NO4/c1-13(19-18(21)14-7-4-3-5-8-14)11-17(20)23-16-10-6-9-15(12-16)22-2/h3-5,7-8,13,15-16H,6,9-12H2,1-2H3,(H,19,21)/t13-,15-,16+/m1/s1. The third-order valence-corrected chi connectivity index (χ3v) is 4.10. The van der Waals surface area contributed by atoms with Crippen molar-refractivity contribution in [2.75, 3.05) is 7.11 Å². The van der Waals surface area contributed by atoms with Crippen LogP contribution in [0.5, 0.6) is 0 Å². The summed E-state index contributed by atoms with van der Waals surface area (Å²) in [5.74, 6) is -0.448. The van der Waals surface area contributed by atoms with Gasteiger partial charge in [-0.1, -0.05) is 18.2 Å². The summed E-state index contributed by atoms with van der Waals surface area (Å²) in [7, 11) is 1.69. The highest BCUT2D eigenvalue weighted by Gasteiger charge is 2.25. The van der Waals surface area contributed by atoms with Crippen molar-refractivity contribution in [1.82, 2.24) is 5.32 Å². The molecule has 0 radical (unpaired) electrons. The van der Waals surface area contributed by atoms with Gasteiger partial charge in [0.05, 0.1) is 12.5 Å². The number of carbonyl (C=O) groups is 2. The number of hydrogen-bond acceptors (Lipinski definition) is 4. The summed E-state index contributed by atoms with van der Waals surface area (Å²) in [6, 6.07) is 8.69. The van der Waals surface area contributed by atoms with Crippen LogP contribution in [0, 0.1) is 0 Å². The predicted octanol–water partition coefficient (Wildman–Crippen LogP) is 2.70. The number of esters is 1. The Morgan fingerprint density at radius 1 is 1.22 bits per heavy atom. The van der Waals surface area contributed by atoms with Gasteiger partial charge in [0, 0.05) is 25.1 Å². The first-order valence-electron chi connectivity index (χ1n) is 8.16. The molecule has 1 amide bonds. The van der Waals surface area contributed by atoms with E-state index in [0.717, 1.165) is 25.7 Å². The lowest BCUT2D eigenvalue weighted by atomic mass is 9.95. The summed E-state index contributed by atoms with van der Waals surface area (Å²) >= 11 is 0. The van der Waals surface area contributed by atoms with Crippen LogP contribution in [0.3, 0.4) is 0 Å². The molecule has 23 heavy (non-hydrogen) atoms. The molecule has 3 atom stereocenters. The maximum atomic E-state index is 12.0. The summed E-state index contributed by atoms with van der Waals surface area (Å²) in [6.07, 6.45) is 3.95. The van der Waals surface area contributed by atoms with Crippen molar-refractivity contribution < 1.29 is 19.1 Å². The highest BCUT2D eigenvalue weighted by molar-refractivity contribution is 5.94. The maximum absolute atomic E-state index is 12.0. The first-order valence-corrected chi connectivity index (χ1v) is 8.16. The molecule has 0 saturated heterocycles. The van der Waals surface area contributed by atoms with Crippen LogP contribution in [0.25, 0.3) is 0 Å².